The van der Waals surface area contributed by atoms with Crippen molar-refractivity contribution in [3.8, 4) is 0 Å². The van der Waals surface area contributed by atoms with Gasteiger partial charge in [0.05, 0.1) is 19.4 Å². The molecular weight excluding hydrogens is 238 g/mol. The Labute approximate surface area is 104 Å². The van der Waals surface area contributed by atoms with Crippen LogP contribution in [0.4, 0.5) is 4.79 Å². The summed E-state index contributed by atoms with van der Waals surface area (Å²) in [5, 5.41) is 0. The van der Waals surface area contributed by atoms with Crippen LogP contribution in [0.3, 0.4) is 0 Å². The van der Waals surface area contributed by atoms with Gasteiger partial charge in [-0.2, -0.15) is 0 Å². The third kappa shape index (κ3) is 2.98. The molecule has 6 nitrogen and oxygen atoms in total. The quantitative estimate of drug-likeness (QED) is 0.808. The van der Waals surface area contributed by atoms with Gasteiger partial charge in [0.2, 0.25) is 0 Å². The van der Waals surface area contributed by atoms with Crippen LogP contribution in [0.15, 0.2) is 30.3 Å². The van der Waals surface area contributed by atoms with Crippen LogP contribution in [0.1, 0.15) is 12.0 Å². The maximum absolute atomic E-state index is 11.3. The van der Waals surface area contributed by atoms with E-state index in [9.17, 15) is 9.59 Å². The van der Waals surface area contributed by atoms with Crippen molar-refractivity contribution in [1.82, 2.24) is 0 Å². The molecule has 1 amide bonds. The maximum atomic E-state index is 11.3. The van der Waals surface area contributed by atoms with E-state index in [0.29, 0.717) is 0 Å². The van der Waals surface area contributed by atoms with Gasteiger partial charge in [-0.05, 0) is 5.56 Å². The number of esters is 1. The number of hydrogen-bond donors (Lipinski definition) is 1. The third-order valence-electron chi connectivity index (χ3n) is 2.42. The van der Waals surface area contributed by atoms with Crippen LogP contribution in [-0.2, 0) is 25.4 Å². The molecule has 1 aromatic carbocycles. The first kappa shape index (κ1) is 12.4. The molecule has 0 spiro atoms. The first-order valence-electron chi connectivity index (χ1n) is 5.48. The maximum Gasteiger partial charge on any atom is 0.409 e. The standard InChI is InChI=1S/C12H13NO5/c13-11(15)18-12(16-7-6-10(14)17-12)8-9-4-2-1-3-5-9/h1-5H,6-8H2,(H2,13,15)/t12-/m1/s1. The SMILES string of the molecule is NC(=O)O[C@]1(Cc2ccccc2)OCCC(=O)O1. The van der Waals surface area contributed by atoms with E-state index >= 15 is 0 Å². The van der Waals surface area contributed by atoms with Gasteiger partial charge in [-0.1, -0.05) is 30.3 Å². The van der Waals surface area contributed by atoms with E-state index in [1.165, 1.54) is 0 Å². The molecule has 1 aromatic rings. The average Bonchev–Trinajstić information content (AvgIpc) is 2.28. The molecule has 18 heavy (non-hydrogen) atoms. The van der Waals surface area contributed by atoms with E-state index in [1.807, 2.05) is 18.2 Å². The van der Waals surface area contributed by atoms with Gasteiger partial charge in [0.25, 0.3) is 0 Å². The number of cyclic esters (lactones) is 1. The van der Waals surface area contributed by atoms with Crippen molar-refractivity contribution in [2.24, 2.45) is 5.73 Å². The van der Waals surface area contributed by atoms with Crippen LogP contribution < -0.4 is 5.73 Å². The average molecular weight is 251 g/mol. The Kier molecular flexibility index (Phi) is 3.47. The summed E-state index contributed by atoms with van der Waals surface area (Å²) in [5.74, 6) is -2.24. The van der Waals surface area contributed by atoms with Gasteiger partial charge in [-0.25, -0.2) is 4.79 Å². The van der Waals surface area contributed by atoms with Crippen molar-refractivity contribution in [3.05, 3.63) is 35.9 Å². The fourth-order valence-corrected chi connectivity index (χ4v) is 1.72. The van der Waals surface area contributed by atoms with E-state index in [2.05, 4.69) is 0 Å². The predicted molar refractivity (Wildman–Crippen MR) is 60.2 cm³/mol. The Morgan fingerprint density at radius 3 is 2.72 bits per heavy atom. The molecule has 96 valence electrons. The van der Waals surface area contributed by atoms with Crippen molar-refractivity contribution in [1.29, 1.82) is 0 Å². The summed E-state index contributed by atoms with van der Waals surface area (Å²) < 4.78 is 15.1. The lowest BCUT2D eigenvalue weighted by Crippen LogP contribution is -2.49. The van der Waals surface area contributed by atoms with Crippen LogP contribution in [0.5, 0.6) is 0 Å². The van der Waals surface area contributed by atoms with E-state index in [0.717, 1.165) is 5.56 Å². The first-order valence-corrected chi connectivity index (χ1v) is 5.48. The lowest BCUT2D eigenvalue weighted by molar-refractivity contribution is -0.350. The second-order valence-electron chi connectivity index (χ2n) is 3.84. The minimum Gasteiger partial charge on any atom is -0.398 e. The van der Waals surface area contributed by atoms with Gasteiger partial charge in [0, 0.05) is 0 Å². The molecule has 1 fully saturated rings. The molecule has 1 saturated heterocycles. The summed E-state index contributed by atoms with van der Waals surface area (Å²) in [4.78, 5) is 22.2. The number of ether oxygens (including phenoxy) is 3. The normalized spacial score (nSPS) is 23.2. The lowest BCUT2D eigenvalue weighted by Gasteiger charge is -2.34. The molecule has 0 aliphatic carbocycles. The molecule has 0 saturated carbocycles. The number of rotatable bonds is 3. The molecule has 0 aromatic heterocycles. The Hall–Kier alpha value is -2.08. The lowest BCUT2D eigenvalue weighted by atomic mass is 10.1. The van der Waals surface area contributed by atoms with E-state index in [1.54, 1.807) is 12.1 Å². The first-order chi connectivity index (χ1) is 8.60. The highest BCUT2D eigenvalue weighted by molar-refractivity contribution is 5.71. The Bertz CT molecular complexity index is 443. The predicted octanol–water partition coefficient (Wildman–Crippen LogP) is 0.942. The van der Waals surface area contributed by atoms with Crippen molar-refractivity contribution < 1.29 is 23.8 Å². The largest absolute Gasteiger partial charge is 0.409 e. The molecule has 2 N–H and O–H groups in total. The fourth-order valence-electron chi connectivity index (χ4n) is 1.72. The number of benzene rings is 1. The van der Waals surface area contributed by atoms with E-state index in [-0.39, 0.29) is 19.4 Å². The van der Waals surface area contributed by atoms with Crippen LogP contribution in [0.2, 0.25) is 0 Å². The van der Waals surface area contributed by atoms with Gasteiger partial charge >= 0.3 is 18.0 Å². The molecule has 2 rings (SSSR count). The molecule has 1 aliphatic rings. The second kappa shape index (κ2) is 5.05. The van der Waals surface area contributed by atoms with Crippen LogP contribution >= 0.6 is 0 Å². The van der Waals surface area contributed by atoms with Crippen LogP contribution in [0, 0.1) is 0 Å². The van der Waals surface area contributed by atoms with Crippen LogP contribution in [-0.4, -0.2) is 24.6 Å². The minimum absolute atomic E-state index is 0.0997. The van der Waals surface area contributed by atoms with Crippen molar-refractivity contribution in [2.45, 2.75) is 18.8 Å². The van der Waals surface area contributed by atoms with Gasteiger partial charge < -0.3 is 19.9 Å². The summed E-state index contributed by atoms with van der Waals surface area (Å²) in [6.45, 7) is 0.124. The van der Waals surface area contributed by atoms with Crippen molar-refractivity contribution in [3.63, 3.8) is 0 Å². The molecule has 0 bridgehead atoms. The van der Waals surface area contributed by atoms with E-state index < -0.39 is 18.0 Å². The molecule has 1 atom stereocenters. The second-order valence-corrected chi connectivity index (χ2v) is 3.84. The molecule has 0 unspecified atom stereocenters. The summed E-state index contributed by atoms with van der Waals surface area (Å²) >= 11 is 0. The molecular formula is C12H13NO5. The van der Waals surface area contributed by atoms with Crippen LogP contribution in [0.25, 0.3) is 0 Å². The Balaban J connectivity index is 2.19. The summed E-state index contributed by atoms with van der Waals surface area (Å²) in [6, 6.07) is 9.09. The van der Waals surface area contributed by atoms with Crippen molar-refractivity contribution in [2.75, 3.05) is 6.61 Å². The Morgan fingerprint density at radius 1 is 1.39 bits per heavy atom. The van der Waals surface area contributed by atoms with Gasteiger partial charge in [0.1, 0.15) is 0 Å². The highest BCUT2D eigenvalue weighted by Crippen LogP contribution is 2.26. The highest BCUT2D eigenvalue weighted by Gasteiger charge is 2.43. The number of primary amides is 1. The molecule has 1 aliphatic heterocycles. The van der Waals surface area contributed by atoms with E-state index in [4.69, 9.17) is 19.9 Å². The number of hydrogen-bond acceptors (Lipinski definition) is 5. The number of carbonyl (C=O) groups is 2. The minimum atomic E-state index is -1.75. The zero-order valence-electron chi connectivity index (χ0n) is 9.63. The molecule has 6 heteroatoms. The van der Waals surface area contributed by atoms with Crippen molar-refractivity contribution >= 4 is 12.1 Å². The summed E-state index contributed by atoms with van der Waals surface area (Å²) in [7, 11) is 0. The summed E-state index contributed by atoms with van der Waals surface area (Å²) in [6.07, 6.45) is -0.832. The highest BCUT2D eigenvalue weighted by atomic mass is 16.9. The zero-order valence-corrected chi connectivity index (χ0v) is 9.63. The topological polar surface area (TPSA) is 87.9 Å². The summed E-state index contributed by atoms with van der Waals surface area (Å²) in [5.41, 5.74) is 5.77. The van der Waals surface area contributed by atoms with Gasteiger partial charge in [-0.3, -0.25) is 4.79 Å². The number of carbonyl (C=O) groups excluding carboxylic acids is 2. The Morgan fingerprint density at radius 2 is 2.11 bits per heavy atom. The number of amides is 1. The number of nitrogens with two attached hydrogens (primary N) is 1. The monoisotopic (exact) mass is 251 g/mol. The van der Waals surface area contributed by atoms with Gasteiger partial charge in [0.15, 0.2) is 0 Å². The zero-order chi connectivity index (χ0) is 13.0. The van der Waals surface area contributed by atoms with Gasteiger partial charge in [-0.15, -0.1) is 0 Å². The third-order valence-corrected chi connectivity index (χ3v) is 2.42. The molecule has 0 radical (unpaired) electrons. The fraction of sp³-hybridized carbons (Fsp3) is 0.333. The smallest absolute Gasteiger partial charge is 0.398 e. The molecule has 1 heterocycles.